The zero-order valence-electron chi connectivity index (χ0n) is 9.44. The van der Waals surface area contributed by atoms with E-state index in [-0.39, 0.29) is 0 Å². The summed E-state index contributed by atoms with van der Waals surface area (Å²) in [6, 6.07) is 2.57. The van der Waals surface area contributed by atoms with E-state index in [1.807, 2.05) is 25.0 Å². The standard InChI is InChI=1S/C11H19N3O/c1-12-11(9-4-6-15-8-9)7-10-3-5-14(2)13-10/h3,5,9,11-12H,4,6-8H2,1-2H3. The van der Waals surface area contributed by atoms with E-state index < -0.39 is 0 Å². The van der Waals surface area contributed by atoms with Gasteiger partial charge in [-0.05, 0) is 19.5 Å². The van der Waals surface area contributed by atoms with Gasteiger partial charge in [-0.1, -0.05) is 0 Å². The zero-order valence-corrected chi connectivity index (χ0v) is 9.44. The third-order valence-corrected chi connectivity index (χ3v) is 3.10. The monoisotopic (exact) mass is 209 g/mol. The van der Waals surface area contributed by atoms with E-state index in [0.29, 0.717) is 12.0 Å². The van der Waals surface area contributed by atoms with Gasteiger partial charge in [0.15, 0.2) is 0 Å². The van der Waals surface area contributed by atoms with Gasteiger partial charge in [0.05, 0.1) is 12.3 Å². The normalized spacial score (nSPS) is 23.2. The maximum atomic E-state index is 5.42. The van der Waals surface area contributed by atoms with Crippen molar-refractivity contribution in [3.05, 3.63) is 18.0 Å². The first-order valence-electron chi connectivity index (χ1n) is 5.53. The second-order valence-corrected chi connectivity index (χ2v) is 4.20. The molecule has 2 atom stereocenters. The van der Waals surface area contributed by atoms with Gasteiger partial charge in [0.2, 0.25) is 0 Å². The number of nitrogens with zero attached hydrogens (tertiary/aromatic N) is 2. The number of rotatable bonds is 4. The number of likely N-dealkylation sites (N-methyl/N-ethyl adjacent to an activating group) is 1. The molecule has 0 bridgehead atoms. The Labute approximate surface area is 90.6 Å². The van der Waals surface area contributed by atoms with E-state index >= 15 is 0 Å². The maximum absolute atomic E-state index is 5.42. The van der Waals surface area contributed by atoms with Crippen molar-refractivity contribution in [1.29, 1.82) is 0 Å². The lowest BCUT2D eigenvalue weighted by Gasteiger charge is -2.20. The van der Waals surface area contributed by atoms with Gasteiger partial charge in [-0.15, -0.1) is 0 Å². The zero-order chi connectivity index (χ0) is 10.7. The third-order valence-electron chi connectivity index (χ3n) is 3.10. The predicted molar refractivity (Wildman–Crippen MR) is 58.7 cm³/mol. The van der Waals surface area contributed by atoms with Crippen molar-refractivity contribution < 1.29 is 4.74 Å². The van der Waals surface area contributed by atoms with Crippen molar-refractivity contribution in [3.63, 3.8) is 0 Å². The first kappa shape index (κ1) is 10.6. The van der Waals surface area contributed by atoms with Crippen LogP contribution >= 0.6 is 0 Å². The van der Waals surface area contributed by atoms with Crippen molar-refractivity contribution in [3.8, 4) is 0 Å². The Morgan fingerprint density at radius 2 is 2.60 bits per heavy atom. The molecule has 0 radical (unpaired) electrons. The van der Waals surface area contributed by atoms with Gasteiger partial charge in [-0.25, -0.2) is 0 Å². The molecule has 0 aliphatic carbocycles. The Morgan fingerprint density at radius 3 is 3.13 bits per heavy atom. The lowest BCUT2D eigenvalue weighted by Crippen LogP contribution is -2.36. The molecule has 1 aliphatic heterocycles. The van der Waals surface area contributed by atoms with Crippen LogP contribution in [0.4, 0.5) is 0 Å². The Bertz CT molecular complexity index is 305. The molecule has 2 unspecified atom stereocenters. The Hall–Kier alpha value is -0.870. The Kier molecular flexibility index (Phi) is 3.38. The van der Waals surface area contributed by atoms with Crippen LogP contribution in [0.1, 0.15) is 12.1 Å². The van der Waals surface area contributed by atoms with Crippen LogP contribution in [-0.4, -0.2) is 36.1 Å². The van der Waals surface area contributed by atoms with Gasteiger partial charge in [0.1, 0.15) is 0 Å². The van der Waals surface area contributed by atoms with Gasteiger partial charge in [0, 0.05) is 38.2 Å². The molecule has 1 fully saturated rings. The summed E-state index contributed by atoms with van der Waals surface area (Å²) < 4.78 is 7.27. The van der Waals surface area contributed by atoms with Gasteiger partial charge < -0.3 is 10.1 Å². The van der Waals surface area contributed by atoms with Crippen molar-refractivity contribution in [2.75, 3.05) is 20.3 Å². The molecule has 0 saturated carbocycles. The summed E-state index contributed by atoms with van der Waals surface area (Å²) >= 11 is 0. The van der Waals surface area contributed by atoms with Crippen LogP contribution in [-0.2, 0) is 18.2 Å². The summed E-state index contributed by atoms with van der Waals surface area (Å²) in [5, 5.41) is 7.78. The first-order chi connectivity index (χ1) is 7.29. The summed E-state index contributed by atoms with van der Waals surface area (Å²) in [6.07, 6.45) is 4.15. The van der Waals surface area contributed by atoms with Gasteiger partial charge in [-0.3, -0.25) is 4.68 Å². The maximum Gasteiger partial charge on any atom is 0.0640 e. The highest BCUT2D eigenvalue weighted by Crippen LogP contribution is 2.19. The van der Waals surface area contributed by atoms with Crippen molar-refractivity contribution in [2.45, 2.75) is 18.9 Å². The molecule has 1 aliphatic rings. The van der Waals surface area contributed by atoms with Crippen LogP contribution in [0, 0.1) is 5.92 Å². The quantitative estimate of drug-likeness (QED) is 0.788. The number of nitrogens with one attached hydrogen (secondary N) is 1. The molecular formula is C11H19N3O. The number of ether oxygens (including phenoxy) is 1. The fourth-order valence-corrected chi connectivity index (χ4v) is 2.17. The van der Waals surface area contributed by atoms with E-state index in [1.165, 1.54) is 6.42 Å². The summed E-state index contributed by atoms with van der Waals surface area (Å²) in [5.41, 5.74) is 1.16. The molecule has 2 rings (SSSR count). The predicted octanol–water partition coefficient (Wildman–Crippen LogP) is 0.587. The van der Waals surface area contributed by atoms with Gasteiger partial charge >= 0.3 is 0 Å². The fourth-order valence-electron chi connectivity index (χ4n) is 2.17. The Balaban J connectivity index is 1.95. The van der Waals surface area contributed by atoms with Gasteiger partial charge in [0.25, 0.3) is 0 Å². The molecule has 1 aromatic rings. The smallest absolute Gasteiger partial charge is 0.0640 e. The lowest BCUT2D eigenvalue weighted by atomic mass is 9.95. The van der Waals surface area contributed by atoms with Crippen molar-refractivity contribution >= 4 is 0 Å². The van der Waals surface area contributed by atoms with E-state index in [4.69, 9.17) is 4.74 Å². The molecule has 4 nitrogen and oxygen atoms in total. The molecule has 0 aromatic carbocycles. The second-order valence-electron chi connectivity index (χ2n) is 4.20. The van der Waals surface area contributed by atoms with Gasteiger partial charge in [-0.2, -0.15) is 5.10 Å². The van der Waals surface area contributed by atoms with Crippen LogP contribution in [0.2, 0.25) is 0 Å². The summed E-state index contributed by atoms with van der Waals surface area (Å²) in [6.45, 7) is 1.80. The molecule has 15 heavy (non-hydrogen) atoms. The molecule has 84 valence electrons. The summed E-state index contributed by atoms with van der Waals surface area (Å²) in [5.74, 6) is 0.636. The molecule has 4 heteroatoms. The first-order valence-corrected chi connectivity index (χ1v) is 5.53. The average molecular weight is 209 g/mol. The number of hydrogen-bond donors (Lipinski definition) is 1. The van der Waals surface area contributed by atoms with Crippen LogP contribution in [0.5, 0.6) is 0 Å². The molecular weight excluding hydrogens is 190 g/mol. The van der Waals surface area contributed by atoms with Crippen LogP contribution in [0.3, 0.4) is 0 Å². The van der Waals surface area contributed by atoms with Crippen LogP contribution in [0.15, 0.2) is 12.3 Å². The molecule has 1 saturated heterocycles. The third kappa shape index (κ3) is 2.58. The van der Waals surface area contributed by atoms with E-state index in [2.05, 4.69) is 16.5 Å². The minimum Gasteiger partial charge on any atom is -0.381 e. The number of aromatic nitrogens is 2. The highest BCUT2D eigenvalue weighted by molar-refractivity contribution is 5.02. The average Bonchev–Trinajstić information content (AvgIpc) is 2.85. The van der Waals surface area contributed by atoms with E-state index in [9.17, 15) is 0 Å². The van der Waals surface area contributed by atoms with Crippen molar-refractivity contribution in [1.82, 2.24) is 15.1 Å². The fraction of sp³-hybridized carbons (Fsp3) is 0.727. The number of aryl methyl sites for hydroxylation is 1. The summed E-state index contributed by atoms with van der Waals surface area (Å²) in [4.78, 5) is 0. The second kappa shape index (κ2) is 4.77. The van der Waals surface area contributed by atoms with Crippen molar-refractivity contribution in [2.24, 2.45) is 13.0 Å². The molecule has 2 heterocycles. The molecule has 0 spiro atoms. The lowest BCUT2D eigenvalue weighted by molar-refractivity contribution is 0.177. The molecule has 0 amide bonds. The Morgan fingerprint density at radius 1 is 1.73 bits per heavy atom. The van der Waals surface area contributed by atoms with E-state index in [0.717, 1.165) is 25.3 Å². The van der Waals surface area contributed by atoms with Crippen LogP contribution in [0.25, 0.3) is 0 Å². The SMILES string of the molecule is CNC(Cc1ccn(C)n1)C1CCOC1. The highest BCUT2D eigenvalue weighted by Gasteiger charge is 2.25. The minimum atomic E-state index is 0.488. The topological polar surface area (TPSA) is 39.1 Å². The molecule has 1 N–H and O–H groups in total. The molecule has 1 aromatic heterocycles. The number of hydrogen-bond acceptors (Lipinski definition) is 3. The highest BCUT2D eigenvalue weighted by atomic mass is 16.5. The minimum absolute atomic E-state index is 0.488. The summed E-state index contributed by atoms with van der Waals surface area (Å²) in [7, 11) is 3.97. The van der Waals surface area contributed by atoms with E-state index in [1.54, 1.807) is 0 Å². The van der Waals surface area contributed by atoms with Crippen LogP contribution < -0.4 is 5.32 Å². The largest absolute Gasteiger partial charge is 0.381 e.